The summed E-state index contributed by atoms with van der Waals surface area (Å²) in [5.41, 5.74) is 6.48. The number of anilines is 1. The van der Waals surface area contributed by atoms with Crippen molar-refractivity contribution in [2.45, 2.75) is 17.6 Å². The van der Waals surface area contributed by atoms with E-state index in [1.807, 2.05) is 18.4 Å². The van der Waals surface area contributed by atoms with Gasteiger partial charge in [0.25, 0.3) is 0 Å². The quantitative estimate of drug-likeness (QED) is 0.826. The highest BCUT2D eigenvalue weighted by atomic mass is 35.5. The number of thiocarbonyl (C=S) groups is 1. The van der Waals surface area contributed by atoms with Gasteiger partial charge in [-0.1, -0.05) is 36.0 Å². The van der Waals surface area contributed by atoms with Crippen molar-refractivity contribution in [1.29, 1.82) is 0 Å². The van der Waals surface area contributed by atoms with Crippen molar-refractivity contribution in [3.05, 3.63) is 29.3 Å². The van der Waals surface area contributed by atoms with E-state index in [0.717, 1.165) is 12.8 Å². The summed E-state index contributed by atoms with van der Waals surface area (Å²) < 4.78 is -0.184. The van der Waals surface area contributed by atoms with Crippen LogP contribution in [0.2, 0.25) is 5.02 Å². The van der Waals surface area contributed by atoms with Gasteiger partial charge in [-0.3, -0.25) is 0 Å². The number of nitrogens with zero attached hydrogens (tertiary/aromatic N) is 1. The van der Waals surface area contributed by atoms with Crippen molar-refractivity contribution >= 4 is 52.3 Å². The van der Waals surface area contributed by atoms with Gasteiger partial charge in [-0.25, -0.2) is 4.79 Å². The van der Waals surface area contributed by atoms with E-state index in [1.165, 1.54) is 0 Å². The van der Waals surface area contributed by atoms with E-state index in [1.54, 1.807) is 28.8 Å². The third kappa shape index (κ3) is 3.62. The maximum absolute atomic E-state index is 12.3. The normalized spacial score (nSPS) is 17.3. The lowest BCUT2D eigenvalue weighted by Gasteiger charge is -2.39. The summed E-state index contributed by atoms with van der Waals surface area (Å²) in [4.78, 5) is 14.6. The molecule has 0 spiro atoms. The van der Waals surface area contributed by atoms with Crippen molar-refractivity contribution in [2.24, 2.45) is 5.73 Å². The molecule has 0 aromatic heterocycles. The molecule has 1 saturated heterocycles. The van der Waals surface area contributed by atoms with Crippen molar-refractivity contribution in [2.75, 3.05) is 24.7 Å². The summed E-state index contributed by atoms with van der Waals surface area (Å²) >= 11 is 12.9. The lowest BCUT2D eigenvalue weighted by molar-refractivity contribution is 0.197. The first-order chi connectivity index (χ1) is 9.98. The number of amides is 2. The highest BCUT2D eigenvalue weighted by Crippen LogP contribution is 2.35. The fourth-order valence-electron chi connectivity index (χ4n) is 2.38. The number of thioether (sulfide) groups is 1. The molecule has 0 aliphatic carbocycles. The molecule has 2 amide bonds. The molecule has 7 heteroatoms. The number of hydrogen-bond donors (Lipinski definition) is 2. The zero-order valence-corrected chi connectivity index (χ0v) is 14.2. The molecule has 1 fully saturated rings. The molecule has 1 aliphatic heterocycles. The van der Waals surface area contributed by atoms with Crippen LogP contribution in [0.1, 0.15) is 12.8 Å². The fraction of sp³-hybridized carbons (Fsp3) is 0.429. The van der Waals surface area contributed by atoms with Crippen LogP contribution in [0, 0.1) is 0 Å². The van der Waals surface area contributed by atoms with Crippen molar-refractivity contribution in [3.8, 4) is 0 Å². The van der Waals surface area contributed by atoms with Gasteiger partial charge in [0, 0.05) is 13.1 Å². The van der Waals surface area contributed by atoms with Gasteiger partial charge in [-0.2, -0.15) is 11.8 Å². The van der Waals surface area contributed by atoms with Crippen LogP contribution < -0.4 is 11.1 Å². The molecule has 2 rings (SSSR count). The number of piperidine rings is 1. The number of likely N-dealkylation sites (tertiary alicyclic amines) is 1. The first-order valence-corrected chi connectivity index (χ1v) is 8.65. The van der Waals surface area contributed by atoms with E-state index in [4.69, 9.17) is 29.6 Å². The van der Waals surface area contributed by atoms with Gasteiger partial charge in [0.15, 0.2) is 0 Å². The molecule has 3 N–H and O–H groups in total. The zero-order chi connectivity index (χ0) is 15.5. The predicted octanol–water partition coefficient (Wildman–Crippen LogP) is 3.36. The Morgan fingerprint density at radius 3 is 2.57 bits per heavy atom. The second-order valence-corrected chi connectivity index (χ2v) is 7.00. The molecule has 0 saturated carbocycles. The molecule has 0 atom stereocenters. The number of benzene rings is 1. The fourth-order valence-corrected chi connectivity index (χ4v) is 3.81. The summed E-state index contributed by atoms with van der Waals surface area (Å²) in [7, 11) is 0. The number of hydrogen-bond acceptors (Lipinski definition) is 3. The third-order valence-corrected chi connectivity index (χ3v) is 6.07. The van der Waals surface area contributed by atoms with E-state index >= 15 is 0 Å². The standard InChI is InChI=1S/C14H18ClN3OS2/c1-21-14(12(16)20)6-8-18(9-7-14)13(19)17-11-5-3-2-4-10(11)15/h2-5H,6-9H2,1H3,(H2,16,20)(H,17,19). The van der Waals surface area contributed by atoms with Crippen LogP contribution >= 0.6 is 35.6 Å². The van der Waals surface area contributed by atoms with E-state index in [0.29, 0.717) is 28.8 Å². The number of halogens is 1. The minimum Gasteiger partial charge on any atom is -0.392 e. The second kappa shape index (κ2) is 6.85. The van der Waals surface area contributed by atoms with E-state index in [-0.39, 0.29) is 10.8 Å². The molecular weight excluding hydrogens is 326 g/mol. The lowest BCUT2D eigenvalue weighted by Crippen LogP contribution is -2.51. The molecule has 114 valence electrons. The number of nitrogens with one attached hydrogen (secondary N) is 1. The first-order valence-electron chi connectivity index (χ1n) is 6.64. The smallest absolute Gasteiger partial charge is 0.321 e. The molecule has 1 aromatic carbocycles. The summed E-state index contributed by atoms with van der Waals surface area (Å²) in [5, 5.41) is 3.37. The maximum atomic E-state index is 12.3. The zero-order valence-electron chi connectivity index (χ0n) is 11.8. The minimum atomic E-state index is -0.184. The highest BCUT2D eigenvalue weighted by Gasteiger charge is 2.37. The highest BCUT2D eigenvalue weighted by molar-refractivity contribution is 8.02. The van der Waals surface area contributed by atoms with E-state index < -0.39 is 0 Å². The van der Waals surface area contributed by atoms with Crippen LogP contribution in [0.4, 0.5) is 10.5 Å². The third-order valence-electron chi connectivity index (χ3n) is 3.81. The molecule has 4 nitrogen and oxygen atoms in total. The van der Waals surface area contributed by atoms with Crippen LogP contribution in [0.15, 0.2) is 24.3 Å². The van der Waals surface area contributed by atoms with Gasteiger partial charge in [-0.15, -0.1) is 0 Å². The molecule has 0 unspecified atom stereocenters. The van der Waals surface area contributed by atoms with Crippen molar-refractivity contribution in [1.82, 2.24) is 4.90 Å². The molecule has 0 radical (unpaired) electrons. The summed E-state index contributed by atoms with van der Waals surface area (Å²) in [6, 6.07) is 7.06. The number of rotatable bonds is 3. The molecule has 1 aliphatic rings. The first kappa shape index (κ1) is 16.4. The minimum absolute atomic E-state index is 0.138. The topological polar surface area (TPSA) is 58.4 Å². The number of nitrogens with two attached hydrogens (primary N) is 1. The largest absolute Gasteiger partial charge is 0.392 e. The van der Waals surface area contributed by atoms with Gasteiger partial charge >= 0.3 is 6.03 Å². The summed E-state index contributed by atoms with van der Waals surface area (Å²) in [6.45, 7) is 1.27. The van der Waals surface area contributed by atoms with Gasteiger partial charge in [0.2, 0.25) is 0 Å². The molecule has 0 bridgehead atoms. The Hall–Kier alpha value is -0.980. The Bertz CT molecular complexity index is 545. The van der Waals surface area contributed by atoms with Crippen molar-refractivity contribution < 1.29 is 4.79 Å². The SMILES string of the molecule is CSC1(C(N)=S)CCN(C(=O)Nc2ccccc2Cl)CC1. The lowest BCUT2D eigenvalue weighted by atomic mass is 9.96. The van der Waals surface area contributed by atoms with E-state index in [9.17, 15) is 4.79 Å². The Labute approximate surface area is 139 Å². The van der Waals surface area contributed by atoms with Crippen LogP contribution in [0.5, 0.6) is 0 Å². The number of carbonyl (C=O) groups excluding carboxylic acids is 1. The second-order valence-electron chi connectivity index (χ2n) is 4.96. The Balaban J connectivity index is 1.98. The Morgan fingerprint density at radius 2 is 2.05 bits per heavy atom. The van der Waals surface area contributed by atoms with Crippen molar-refractivity contribution in [3.63, 3.8) is 0 Å². The average molecular weight is 344 g/mol. The van der Waals surface area contributed by atoms with Gasteiger partial charge in [0.1, 0.15) is 0 Å². The van der Waals surface area contributed by atoms with Crippen LogP contribution in [0.3, 0.4) is 0 Å². The van der Waals surface area contributed by atoms with E-state index in [2.05, 4.69) is 5.32 Å². The number of carbonyl (C=O) groups is 1. The van der Waals surface area contributed by atoms with Gasteiger partial charge in [-0.05, 0) is 31.2 Å². The number of para-hydroxylation sites is 1. The Morgan fingerprint density at radius 1 is 1.43 bits per heavy atom. The summed E-state index contributed by atoms with van der Waals surface area (Å²) in [6.07, 6.45) is 3.57. The summed E-state index contributed by atoms with van der Waals surface area (Å²) in [5.74, 6) is 0. The Kier molecular flexibility index (Phi) is 5.35. The molecular formula is C14H18ClN3OS2. The van der Waals surface area contributed by atoms with Gasteiger partial charge < -0.3 is 16.0 Å². The van der Waals surface area contributed by atoms with Crippen LogP contribution in [-0.4, -0.2) is 40.0 Å². The number of urea groups is 1. The average Bonchev–Trinajstić information content (AvgIpc) is 2.49. The maximum Gasteiger partial charge on any atom is 0.321 e. The predicted molar refractivity (Wildman–Crippen MR) is 94.3 cm³/mol. The molecule has 1 heterocycles. The molecule has 21 heavy (non-hydrogen) atoms. The van der Waals surface area contributed by atoms with Gasteiger partial charge in [0.05, 0.1) is 20.4 Å². The van der Waals surface area contributed by atoms with Crippen LogP contribution in [0.25, 0.3) is 0 Å². The van der Waals surface area contributed by atoms with Crippen LogP contribution in [-0.2, 0) is 0 Å². The monoisotopic (exact) mass is 343 g/mol. The molecule has 1 aromatic rings.